The standard InChI is InChI=1S/C14H10F2N2O/c15-9-5-3-6-10(16)12(9)13-17-11-7-2-1-4-8(11)14(19)18-13/h1-7,13,17H,(H,18,19). The van der Waals surface area contributed by atoms with Gasteiger partial charge in [-0.2, -0.15) is 0 Å². The molecule has 0 saturated heterocycles. The first kappa shape index (κ1) is 11.6. The molecule has 0 fully saturated rings. The molecule has 1 atom stereocenters. The molecule has 3 nitrogen and oxygen atoms in total. The first-order valence-corrected chi connectivity index (χ1v) is 5.77. The van der Waals surface area contributed by atoms with Crippen LogP contribution in [-0.4, -0.2) is 5.91 Å². The normalized spacial score (nSPS) is 17.4. The molecular formula is C14H10F2N2O. The van der Waals surface area contributed by atoms with Crippen LogP contribution < -0.4 is 10.6 Å². The predicted octanol–water partition coefficient (Wildman–Crippen LogP) is 2.82. The van der Waals surface area contributed by atoms with E-state index in [4.69, 9.17) is 0 Å². The number of benzene rings is 2. The van der Waals surface area contributed by atoms with Crippen molar-refractivity contribution in [2.75, 3.05) is 5.32 Å². The molecule has 1 aliphatic rings. The van der Waals surface area contributed by atoms with Crippen molar-refractivity contribution < 1.29 is 13.6 Å². The zero-order valence-corrected chi connectivity index (χ0v) is 9.78. The molecular weight excluding hydrogens is 250 g/mol. The van der Waals surface area contributed by atoms with Gasteiger partial charge in [0.2, 0.25) is 0 Å². The highest BCUT2D eigenvalue weighted by molar-refractivity contribution is 6.01. The molecule has 0 bridgehead atoms. The average Bonchev–Trinajstić information content (AvgIpc) is 2.38. The van der Waals surface area contributed by atoms with E-state index < -0.39 is 17.8 Å². The number of carbonyl (C=O) groups is 1. The van der Waals surface area contributed by atoms with Gasteiger partial charge >= 0.3 is 0 Å². The second-order valence-corrected chi connectivity index (χ2v) is 4.23. The van der Waals surface area contributed by atoms with Gasteiger partial charge in [-0.1, -0.05) is 18.2 Å². The molecule has 2 aromatic carbocycles. The molecule has 0 aromatic heterocycles. The summed E-state index contributed by atoms with van der Waals surface area (Å²) in [5.74, 6) is -1.75. The van der Waals surface area contributed by atoms with E-state index >= 15 is 0 Å². The Balaban J connectivity index is 2.04. The smallest absolute Gasteiger partial charge is 0.255 e. The number of nitrogens with one attached hydrogen (secondary N) is 2. The SMILES string of the molecule is O=C1NC(c2c(F)cccc2F)Nc2ccccc21. The molecule has 96 valence electrons. The molecule has 0 radical (unpaired) electrons. The fourth-order valence-corrected chi connectivity index (χ4v) is 2.14. The maximum Gasteiger partial charge on any atom is 0.255 e. The van der Waals surface area contributed by atoms with Gasteiger partial charge in [-0.05, 0) is 24.3 Å². The Morgan fingerprint density at radius 3 is 2.32 bits per heavy atom. The first-order chi connectivity index (χ1) is 9.16. The number of carbonyl (C=O) groups excluding carboxylic acids is 1. The van der Waals surface area contributed by atoms with E-state index in [0.717, 1.165) is 12.1 Å². The van der Waals surface area contributed by atoms with Gasteiger partial charge in [0.1, 0.15) is 17.8 Å². The maximum absolute atomic E-state index is 13.7. The summed E-state index contributed by atoms with van der Waals surface area (Å²) in [7, 11) is 0. The summed E-state index contributed by atoms with van der Waals surface area (Å²) in [6, 6.07) is 10.4. The third-order valence-electron chi connectivity index (χ3n) is 3.04. The van der Waals surface area contributed by atoms with Crippen LogP contribution in [0, 0.1) is 11.6 Å². The van der Waals surface area contributed by atoms with Gasteiger partial charge in [0.05, 0.1) is 11.1 Å². The molecule has 2 N–H and O–H groups in total. The number of halogens is 2. The highest BCUT2D eigenvalue weighted by Gasteiger charge is 2.28. The zero-order valence-electron chi connectivity index (χ0n) is 9.78. The minimum absolute atomic E-state index is 0.189. The largest absolute Gasteiger partial charge is 0.361 e. The third kappa shape index (κ3) is 1.93. The number of hydrogen-bond acceptors (Lipinski definition) is 2. The quantitative estimate of drug-likeness (QED) is 0.827. The lowest BCUT2D eigenvalue weighted by atomic mass is 10.0. The fraction of sp³-hybridized carbons (Fsp3) is 0.0714. The fourth-order valence-electron chi connectivity index (χ4n) is 2.14. The van der Waals surface area contributed by atoms with Crippen LogP contribution in [0.4, 0.5) is 14.5 Å². The molecule has 1 aliphatic heterocycles. The van der Waals surface area contributed by atoms with Crippen molar-refractivity contribution in [1.29, 1.82) is 0 Å². The highest BCUT2D eigenvalue weighted by Crippen LogP contribution is 2.28. The minimum atomic E-state index is -0.913. The van der Waals surface area contributed by atoms with E-state index in [-0.39, 0.29) is 11.5 Å². The number of hydrogen-bond donors (Lipinski definition) is 2. The van der Waals surface area contributed by atoms with Crippen LogP contribution in [0.25, 0.3) is 0 Å². The lowest BCUT2D eigenvalue weighted by Gasteiger charge is -2.28. The van der Waals surface area contributed by atoms with Crippen molar-refractivity contribution in [3.8, 4) is 0 Å². The first-order valence-electron chi connectivity index (χ1n) is 5.77. The van der Waals surface area contributed by atoms with Crippen LogP contribution in [0.15, 0.2) is 42.5 Å². The van der Waals surface area contributed by atoms with Crippen LogP contribution in [0.2, 0.25) is 0 Å². The average molecular weight is 260 g/mol. The number of rotatable bonds is 1. The van der Waals surface area contributed by atoms with Crippen LogP contribution in [0.3, 0.4) is 0 Å². The van der Waals surface area contributed by atoms with Gasteiger partial charge in [-0.3, -0.25) is 4.79 Å². The van der Waals surface area contributed by atoms with Gasteiger partial charge in [-0.25, -0.2) is 8.78 Å². The Hall–Kier alpha value is -2.43. The Labute approximate surface area is 108 Å². The van der Waals surface area contributed by atoms with Crippen LogP contribution in [0.1, 0.15) is 22.1 Å². The van der Waals surface area contributed by atoms with E-state index in [9.17, 15) is 13.6 Å². The Bertz CT molecular complexity index is 637. The Kier molecular flexibility index (Phi) is 2.67. The molecule has 1 unspecified atom stereocenters. The lowest BCUT2D eigenvalue weighted by molar-refractivity contribution is 0.0934. The van der Waals surface area contributed by atoms with E-state index in [1.807, 2.05) is 0 Å². The molecule has 3 rings (SSSR count). The zero-order chi connectivity index (χ0) is 13.4. The third-order valence-corrected chi connectivity index (χ3v) is 3.04. The van der Waals surface area contributed by atoms with Crippen LogP contribution >= 0.6 is 0 Å². The molecule has 0 saturated carbocycles. The summed E-state index contributed by atoms with van der Waals surface area (Å²) < 4.78 is 27.4. The molecule has 2 aromatic rings. The van der Waals surface area contributed by atoms with Crippen LogP contribution in [-0.2, 0) is 0 Å². The monoisotopic (exact) mass is 260 g/mol. The van der Waals surface area contributed by atoms with Gasteiger partial charge < -0.3 is 10.6 Å². The summed E-state index contributed by atoms with van der Waals surface area (Å²) in [5.41, 5.74) is 0.819. The molecule has 0 aliphatic carbocycles. The predicted molar refractivity (Wildman–Crippen MR) is 66.6 cm³/mol. The lowest BCUT2D eigenvalue weighted by Crippen LogP contribution is -2.39. The van der Waals surface area contributed by atoms with Gasteiger partial charge in [0, 0.05) is 5.69 Å². The summed E-state index contributed by atoms with van der Waals surface area (Å²) in [5, 5.41) is 5.45. The van der Waals surface area contributed by atoms with E-state index in [1.54, 1.807) is 24.3 Å². The minimum Gasteiger partial charge on any atom is -0.361 e. The summed E-state index contributed by atoms with van der Waals surface area (Å²) in [6.07, 6.45) is -0.913. The summed E-state index contributed by atoms with van der Waals surface area (Å²) >= 11 is 0. The van der Waals surface area contributed by atoms with Gasteiger partial charge in [0.25, 0.3) is 5.91 Å². The molecule has 1 amide bonds. The van der Waals surface area contributed by atoms with Gasteiger partial charge in [-0.15, -0.1) is 0 Å². The summed E-state index contributed by atoms with van der Waals surface area (Å²) in [6.45, 7) is 0. The van der Waals surface area contributed by atoms with Crippen molar-refractivity contribution >= 4 is 11.6 Å². The van der Waals surface area contributed by atoms with E-state index in [2.05, 4.69) is 10.6 Å². The summed E-state index contributed by atoms with van der Waals surface area (Å²) in [4.78, 5) is 11.9. The number of fused-ring (bicyclic) bond motifs is 1. The van der Waals surface area contributed by atoms with E-state index in [0.29, 0.717) is 11.3 Å². The Morgan fingerprint density at radius 1 is 0.895 bits per heavy atom. The van der Waals surface area contributed by atoms with Crippen LogP contribution in [0.5, 0.6) is 0 Å². The second-order valence-electron chi connectivity index (χ2n) is 4.23. The number of anilines is 1. The maximum atomic E-state index is 13.7. The highest BCUT2D eigenvalue weighted by atomic mass is 19.1. The second kappa shape index (κ2) is 4.35. The number of para-hydroxylation sites is 1. The molecule has 5 heteroatoms. The van der Waals surface area contributed by atoms with Crippen molar-refractivity contribution in [1.82, 2.24) is 5.32 Å². The van der Waals surface area contributed by atoms with Crippen molar-refractivity contribution in [3.05, 3.63) is 65.2 Å². The van der Waals surface area contributed by atoms with Crippen molar-refractivity contribution in [2.24, 2.45) is 0 Å². The van der Waals surface area contributed by atoms with Crippen molar-refractivity contribution in [3.63, 3.8) is 0 Å². The topological polar surface area (TPSA) is 41.1 Å². The molecule has 0 spiro atoms. The molecule has 1 heterocycles. The Morgan fingerprint density at radius 2 is 1.58 bits per heavy atom. The molecule has 19 heavy (non-hydrogen) atoms. The van der Waals surface area contributed by atoms with Gasteiger partial charge in [0.15, 0.2) is 0 Å². The van der Waals surface area contributed by atoms with E-state index in [1.165, 1.54) is 6.07 Å². The van der Waals surface area contributed by atoms with Crippen molar-refractivity contribution in [2.45, 2.75) is 6.17 Å². The number of amides is 1.